The van der Waals surface area contributed by atoms with Crippen LogP contribution in [0.25, 0.3) is 5.57 Å². The first-order valence-electron chi connectivity index (χ1n) is 4.75. The van der Waals surface area contributed by atoms with E-state index in [1.54, 1.807) is 6.20 Å². The van der Waals surface area contributed by atoms with Crippen LogP contribution in [0.2, 0.25) is 0 Å². The highest BCUT2D eigenvalue weighted by Gasteiger charge is 2.20. The molecule has 1 aromatic rings. The summed E-state index contributed by atoms with van der Waals surface area (Å²) in [5, 5.41) is 10.9. The SMILES string of the molecule is O=[N+]([O-])c1cc(Br)cnc1C1=CCOCC1. The molecular formula is C10H9BrN2O3. The van der Waals surface area contributed by atoms with Crippen LogP contribution >= 0.6 is 15.9 Å². The number of halogens is 1. The number of hydrogen-bond acceptors (Lipinski definition) is 4. The Balaban J connectivity index is 2.47. The van der Waals surface area contributed by atoms with Crippen LogP contribution in [-0.4, -0.2) is 23.1 Å². The fraction of sp³-hybridized carbons (Fsp3) is 0.300. The molecular weight excluding hydrogens is 276 g/mol. The van der Waals surface area contributed by atoms with Crippen LogP contribution in [0.4, 0.5) is 5.69 Å². The van der Waals surface area contributed by atoms with Gasteiger partial charge >= 0.3 is 0 Å². The first kappa shape index (κ1) is 11.2. The Kier molecular flexibility index (Phi) is 3.31. The molecule has 0 N–H and O–H groups in total. The summed E-state index contributed by atoms with van der Waals surface area (Å²) in [4.78, 5) is 14.6. The molecule has 1 aromatic heterocycles. The second-order valence-electron chi connectivity index (χ2n) is 3.33. The van der Waals surface area contributed by atoms with Gasteiger partial charge in [-0.25, -0.2) is 4.98 Å². The fourth-order valence-corrected chi connectivity index (χ4v) is 1.88. The van der Waals surface area contributed by atoms with Gasteiger partial charge in [0.2, 0.25) is 0 Å². The molecule has 2 heterocycles. The molecule has 0 radical (unpaired) electrons. The molecule has 0 amide bonds. The van der Waals surface area contributed by atoms with Crippen molar-refractivity contribution in [1.82, 2.24) is 4.98 Å². The van der Waals surface area contributed by atoms with E-state index in [-0.39, 0.29) is 5.69 Å². The molecule has 2 rings (SSSR count). The van der Waals surface area contributed by atoms with E-state index in [0.29, 0.717) is 29.8 Å². The van der Waals surface area contributed by atoms with Crippen molar-refractivity contribution >= 4 is 27.2 Å². The maximum atomic E-state index is 10.9. The van der Waals surface area contributed by atoms with Gasteiger partial charge in [0.1, 0.15) is 5.69 Å². The fourth-order valence-electron chi connectivity index (χ4n) is 1.56. The zero-order valence-corrected chi connectivity index (χ0v) is 9.94. The van der Waals surface area contributed by atoms with Crippen molar-refractivity contribution in [2.24, 2.45) is 0 Å². The molecule has 5 nitrogen and oxygen atoms in total. The van der Waals surface area contributed by atoms with Gasteiger partial charge in [0.25, 0.3) is 5.69 Å². The van der Waals surface area contributed by atoms with Crippen molar-refractivity contribution in [1.29, 1.82) is 0 Å². The number of pyridine rings is 1. The summed E-state index contributed by atoms with van der Waals surface area (Å²) >= 11 is 3.18. The number of hydrogen-bond donors (Lipinski definition) is 0. The molecule has 0 saturated heterocycles. The molecule has 0 bridgehead atoms. The maximum Gasteiger partial charge on any atom is 0.296 e. The van der Waals surface area contributed by atoms with Crippen molar-refractivity contribution in [3.8, 4) is 0 Å². The lowest BCUT2D eigenvalue weighted by atomic mass is 10.1. The van der Waals surface area contributed by atoms with E-state index in [4.69, 9.17) is 4.74 Å². The van der Waals surface area contributed by atoms with Crippen molar-refractivity contribution in [3.05, 3.63) is 38.6 Å². The Morgan fingerprint density at radius 1 is 1.56 bits per heavy atom. The molecule has 0 unspecified atom stereocenters. The Labute approximate surface area is 100 Å². The molecule has 1 aliphatic heterocycles. The molecule has 0 fully saturated rings. The van der Waals surface area contributed by atoms with Crippen LogP contribution in [0.1, 0.15) is 12.1 Å². The first-order chi connectivity index (χ1) is 7.68. The van der Waals surface area contributed by atoms with Crippen molar-refractivity contribution in [2.75, 3.05) is 13.2 Å². The van der Waals surface area contributed by atoms with E-state index >= 15 is 0 Å². The van der Waals surface area contributed by atoms with Gasteiger partial charge in [0.15, 0.2) is 0 Å². The molecule has 1 aliphatic rings. The summed E-state index contributed by atoms with van der Waals surface area (Å²) in [6.07, 6.45) is 4.07. The summed E-state index contributed by atoms with van der Waals surface area (Å²) in [7, 11) is 0. The Bertz CT molecular complexity index is 459. The molecule has 84 valence electrons. The van der Waals surface area contributed by atoms with E-state index < -0.39 is 4.92 Å². The summed E-state index contributed by atoms with van der Waals surface area (Å²) in [5.74, 6) is 0. The maximum absolute atomic E-state index is 10.9. The highest BCUT2D eigenvalue weighted by atomic mass is 79.9. The molecule has 0 saturated carbocycles. The zero-order valence-electron chi connectivity index (χ0n) is 8.35. The minimum atomic E-state index is -0.413. The van der Waals surface area contributed by atoms with E-state index in [9.17, 15) is 10.1 Å². The van der Waals surface area contributed by atoms with E-state index in [1.165, 1.54) is 6.07 Å². The monoisotopic (exact) mass is 284 g/mol. The number of ether oxygens (including phenoxy) is 1. The lowest BCUT2D eigenvalue weighted by Gasteiger charge is -2.12. The minimum absolute atomic E-state index is 0.0301. The standard InChI is InChI=1S/C10H9BrN2O3/c11-8-5-9(13(14)15)10(12-6-8)7-1-3-16-4-2-7/h1,5-6H,2-4H2. The molecule has 0 aromatic carbocycles. The van der Waals surface area contributed by atoms with Crippen LogP contribution in [0, 0.1) is 10.1 Å². The predicted octanol–water partition coefficient (Wildman–Crippen LogP) is 2.56. The van der Waals surface area contributed by atoms with Crippen LogP contribution in [0.5, 0.6) is 0 Å². The van der Waals surface area contributed by atoms with Gasteiger partial charge < -0.3 is 4.74 Å². The van der Waals surface area contributed by atoms with Crippen LogP contribution in [0.15, 0.2) is 22.8 Å². The van der Waals surface area contributed by atoms with Crippen LogP contribution < -0.4 is 0 Å². The summed E-state index contributed by atoms with van der Waals surface area (Å²) in [6, 6.07) is 1.47. The Morgan fingerprint density at radius 3 is 3.00 bits per heavy atom. The van der Waals surface area contributed by atoms with Gasteiger partial charge in [-0.1, -0.05) is 6.08 Å². The van der Waals surface area contributed by atoms with Gasteiger partial charge in [-0.05, 0) is 27.9 Å². The summed E-state index contributed by atoms with van der Waals surface area (Å²) in [5.41, 5.74) is 1.35. The quantitative estimate of drug-likeness (QED) is 0.618. The van der Waals surface area contributed by atoms with E-state index in [2.05, 4.69) is 20.9 Å². The van der Waals surface area contributed by atoms with Crippen molar-refractivity contribution < 1.29 is 9.66 Å². The third-order valence-electron chi connectivity index (χ3n) is 2.30. The largest absolute Gasteiger partial charge is 0.377 e. The third kappa shape index (κ3) is 2.28. The minimum Gasteiger partial charge on any atom is -0.377 e. The topological polar surface area (TPSA) is 65.3 Å². The number of nitrogens with zero attached hydrogens (tertiary/aromatic N) is 2. The predicted molar refractivity (Wildman–Crippen MR) is 62.0 cm³/mol. The average molecular weight is 285 g/mol. The van der Waals surface area contributed by atoms with Crippen molar-refractivity contribution in [3.63, 3.8) is 0 Å². The highest BCUT2D eigenvalue weighted by molar-refractivity contribution is 9.10. The normalized spacial score (nSPS) is 15.7. The first-order valence-corrected chi connectivity index (χ1v) is 5.55. The molecule has 6 heteroatoms. The van der Waals surface area contributed by atoms with Gasteiger partial charge in [0.05, 0.1) is 18.1 Å². The van der Waals surface area contributed by atoms with Crippen LogP contribution in [0.3, 0.4) is 0 Å². The second-order valence-corrected chi connectivity index (χ2v) is 4.25. The van der Waals surface area contributed by atoms with Gasteiger partial charge in [-0.3, -0.25) is 10.1 Å². The average Bonchev–Trinajstić information content (AvgIpc) is 2.30. The lowest BCUT2D eigenvalue weighted by Crippen LogP contribution is -2.06. The van der Waals surface area contributed by atoms with Crippen molar-refractivity contribution in [2.45, 2.75) is 6.42 Å². The summed E-state index contributed by atoms with van der Waals surface area (Å²) in [6.45, 7) is 1.07. The van der Waals surface area contributed by atoms with Gasteiger partial charge in [-0.15, -0.1) is 0 Å². The zero-order chi connectivity index (χ0) is 11.5. The Hall–Kier alpha value is -1.27. The summed E-state index contributed by atoms with van der Waals surface area (Å²) < 4.78 is 5.77. The Morgan fingerprint density at radius 2 is 2.38 bits per heavy atom. The second kappa shape index (κ2) is 4.71. The third-order valence-corrected chi connectivity index (χ3v) is 2.73. The molecule has 0 spiro atoms. The van der Waals surface area contributed by atoms with E-state index in [1.807, 2.05) is 6.08 Å². The van der Waals surface area contributed by atoms with Gasteiger partial charge in [0, 0.05) is 16.7 Å². The number of aromatic nitrogens is 1. The number of rotatable bonds is 2. The lowest BCUT2D eigenvalue weighted by molar-refractivity contribution is -0.385. The van der Waals surface area contributed by atoms with Crippen LogP contribution in [-0.2, 0) is 4.74 Å². The molecule has 0 atom stereocenters. The molecule has 0 aliphatic carbocycles. The smallest absolute Gasteiger partial charge is 0.296 e. The molecule has 16 heavy (non-hydrogen) atoms. The van der Waals surface area contributed by atoms with Gasteiger partial charge in [-0.2, -0.15) is 0 Å². The van der Waals surface area contributed by atoms with E-state index in [0.717, 1.165) is 5.57 Å². The highest BCUT2D eigenvalue weighted by Crippen LogP contribution is 2.29. The number of nitro groups is 1.